The Morgan fingerprint density at radius 1 is 1.17 bits per heavy atom. The summed E-state index contributed by atoms with van der Waals surface area (Å²) in [6.07, 6.45) is 3.64. The molecule has 1 aliphatic rings. The number of benzene rings is 1. The van der Waals surface area contributed by atoms with Crippen LogP contribution in [0.25, 0.3) is 5.57 Å². The molecule has 0 spiro atoms. The molecule has 0 aliphatic heterocycles. The van der Waals surface area contributed by atoms with Crippen LogP contribution in [0.3, 0.4) is 0 Å². The molecule has 0 radical (unpaired) electrons. The molecule has 0 nitrogen and oxygen atoms in total. The van der Waals surface area contributed by atoms with Crippen molar-refractivity contribution >= 4 is 5.57 Å². The Balaban J connectivity index is 2.27. The fourth-order valence-electron chi connectivity index (χ4n) is 2.99. The summed E-state index contributed by atoms with van der Waals surface area (Å²) in [5.41, 5.74) is 7.34. The minimum absolute atomic E-state index is 0.640. The van der Waals surface area contributed by atoms with Crippen molar-refractivity contribution in [2.24, 2.45) is 11.8 Å². The maximum atomic E-state index is 2.44. The van der Waals surface area contributed by atoms with Crippen LogP contribution < -0.4 is 0 Å². The van der Waals surface area contributed by atoms with Gasteiger partial charge in [-0.25, -0.2) is 0 Å². The van der Waals surface area contributed by atoms with E-state index in [1.807, 2.05) is 0 Å². The van der Waals surface area contributed by atoms with Crippen molar-refractivity contribution in [2.75, 3.05) is 0 Å². The Morgan fingerprint density at radius 3 is 2.50 bits per heavy atom. The summed E-state index contributed by atoms with van der Waals surface area (Å²) < 4.78 is 0. The molecule has 1 aromatic rings. The Bertz CT molecular complexity index is 499. The maximum Gasteiger partial charge on any atom is -0.0102 e. The first-order valence-electron chi connectivity index (χ1n) is 6.91. The summed E-state index contributed by atoms with van der Waals surface area (Å²) in [5, 5.41) is 0. The summed E-state index contributed by atoms with van der Waals surface area (Å²) >= 11 is 0. The zero-order valence-electron chi connectivity index (χ0n) is 12.2. The number of allylic oxidation sites excluding steroid dienone is 4. The Labute approximate surface area is 111 Å². The van der Waals surface area contributed by atoms with E-state index in [0.717, 1.165) is 0 Å². The van der Waals surface area contributed by atoms with Crippen LogP contribution in [0.1, 0.15) is 45.2 Å². The SMILES string of the molecule is CC(C)=C(C)C1CC=C(c2cccc(C)c2)C1C. The number of hydrogen-bond donors (Lipinski definition) is 0. The molecule has 0 aromatic heterocycles. The second-order valence-corrected chi connectivity index (χ2v) is 5.84. The monoisotopic (exact) mass is 240 g/mol. The fraction of sp³-hybridized carbons (Fsp3) is 0.444. The van der Waals surface area contributed by atoms with Crippen LogP contribution in [-0.4, -0.2) is 0 Å². The van der Waals surface area contributed by atoms with Crippen LogP contribution in [0.4, 0.5) is 0 Å². The van der Waals surface area contributed by atoms with Gasteiger partial charge in [0.1, 0.15) is 0 Å². The molecule has 0 amide bonds. The molecule has 0 heteroatoms. The normalized spacial score (nSPS) is 22.8. The average Bonchev–Trinajstić information content (AvgIpc) is 2.70. The minimum atomic E-state index is 0.640. The highest BCUT2D eigenvalue weighted by Crippen LogP contribution is 2.42. The van der Waals surface area contributed by atoms with Crippen molar-refractivity contribution in [3.63, 3.8) is 0 Å². The van der Waals surface area contributed by atoms with Crippen LogP contribution in [0.5, 0.6) is 0 Å². The van der Waals surface area contributed by atoms with E-state index in [1.165, 1.54) is 28.7 Å². The predicted octanol–water partition coefficient (Wildman–Crippen LogP) is 5.39. The van der Waals surface area contributed by atoms with Gasteiger partial charge in [0, 0.05) is 0 Å². The third-order valence-electron chi connectivity index (χ3n) is 4.38. The van der Waals surface area contributed by atoms with Crippen molar-refractivity contribution in [1.82, 2.24) is 0 Å². The van der Waals surface area contributed by atoms with Gasteiger partial charge in [0.15, 0.2) is 0 Å². The van der Waals surface area contributed by atoms with E-state index in [-0.39, 0.29) is 0 Å². The second-order valence-electron chi connectivity index (χ2n) is 5.84. The summed E-state index contributed by atoms with van der Waals surface area (Å²) in [6, 6.07) is 8.89. The van der Waals surface area contributed by atoms with Crippen molar-refractivity contribution in [3.05, 3.63) is 52.6 Å². The van der Waals surface area contributed by atoms with Gasteiger partial charge < -0.3 is 0 Å². The van der Waals surface area contributed by atoms with E-state index in [1.54, 1.807) is 5.57 Å². The zero-order chi connectivity index (χ0) is 13.3. The Hall–Kier alpha value is -1.30. The molecule has 18 heavy (non-hydrogen) atoms. The van der Waals surface area contributed by atoms with Crippen molar-refractivity contribution < 1.29 is 0 Å². The van der Waals surface area contributed by atoms with Gasteiger partial charge in [-0.3, -0.25) is 0 Å². The van der Waals surface area contributed by atoms with Crippen molar-refractivity contribution in [1.29, 1.82) is 0 Å². The van der Waals surface area contributed by atoms with E-state index in [9.17, 15) is 0 Å². The van der Waals surface area contributed by atoms with Crippen molar-refractivity contribution in [3.8, 4) is 0 Å². The van der Waals surface area contributed by atoms with Crippen LogP contribution >= 0.6 is 0 Å². The molecule has 0 heterocycles. The number of aryl methyl sites for hydroxylation is 1. The smallest absolute Gasteiger partial charge is 0.0102 e. The lowest BCUT2D eigenvalue weighted by atomic mass is 9.83. The van der Waals surface area contributed by atoms with E-state index in [0.29, 0.717) is 11.8 Å². The van der Waals surface area contributed by atoms with E-state index < -0.39 is 0 Å². The summed E-state index contributed by atoms with van der Waals surface area (Å²) in [4.78, 5) is 0. The third kappa shape index (κ3) is 2.43. The van der Waals surface area contributed by atoms with E-state index >= 15 is 0 Å². The van der Waals surface area contributed by atoms with E-state index in [4.69, 9.17) is 0 Å². The average molecular weight is 240 g/mol. The predicted molar refractivity (Wildman–Crippen MR) is 80.5 cm³/mol. The Kier molecular flexibility index (Phi) is 3.75. The molecule has 0 bridgehead atoms. The van der Waals surface area contributed by atoms with Crippen LogP contribution in [-0.2, 0) is 0 Å². The molecule has 0 fully saturated rings. The molecule has 1 aromatic carbocycles. The summed E-state index contributed by atoms with van der Waals surface area (Å²) in [7, 11) is 0. The van der Waals surface area contributed by atoms with Crippen LogP contribution in [0.15, 0.2) is 41.5 Å². The minimum Gasteiger partial charge on any atom is -0.0798 e. The molecule has 2 atom stereocenters. The first-order chi connectivity index (χ1) is 8.50. The molecular weight excluding hydrogens is 216 g/mol. The fourth-order valence-corrected chi connectivity index (χ4v) is 2.99. The van der Waals surface area contributed by atoms with Gasteiger partial charge in [0.2, 0.25) is 0 Å². The van der Waals surface area contributed by atoms with Crippen molar-refractivity contribution in [2.45, 2.75) is 41.0 Å². The van der Waals surface area contributed by atoms with E-state index in [2.05, 4.69) is 65.0 Å². The summed E-state index contributed by atoms with van der Waals surface area (Å²) in [6.45, 7) is 11.3. The molecule has 1 aliphatic carbocycles. The van der Waals surface area contributed by atoms with Crippen LogP contribution in [0, 0.1) is 18.8 Å². The lowest BCUT2D eigenvalue weighted by Crippen LogP contribution is -2.09. The highest BCUT2D eigenvalue weighted by molar-refractivity contribution is 5.70. The molecule has 0 saturated heterocycles. The number of hydrogen-bond acceptors (Lipinski definition) is 0. The number of rotatable bonds is 2. The topological polar surface area (TPSA) is 0 Å². The lowest BCUT2D eigenvalue weighted by molar-refractivity contribution is 0.528. The van der Waals surface area contributed by atoms with Crippen LogP contribution in [0.2, 0.25) is 0 Å². The second kappa shape index (κ2) is 5.14. The molecule has 2 rings (SSSR count). The summed E-state index contributed by atoms with van der Waals surface area (Å²) in [5.74, 6) is 1.34. The lowest BCUT2D eigenvalue weighted by Gasteiger charge is -2.21. The van der Waals surface area contributed by atoms with Gasteiger partial charge in [-0.2, -0.15) is 0 Å². The van der Waals surface area contributed by atoms with Gasteiger partial charge in [-0.15, -0.1) is 0 Å². The highest BCUT2D eigenvalue weighted by Gasteiger charge is 2.28. The van der Waals surface area contributed by atoms with Gasteiger partial charge >= 0.3 is 0 Å². The molecule has 2 unspecified atom stereocenters. The standard InChI is InChI=1S/C18H24/c1-12(2)14(4)17-9-10-18(15(17)5)16-8-6-7-13(3)11-16/h6-8,10-11,15,17H,9H2,1-5H3. The molecule has 0 N–H and O–H groups in total. The first-order valence-corrected chi connectivity index (χ1v) is 6.91. The molecule has 0 saturated carbocycles. The molecular formula is C18H24. The zero-order valence-corrected chi connectivity index (χ0v) is 12.2. The quantitative estimate of drug-likeness (QED) is 0.608. The Morgan fingerprint density at radius 2 is 1.89 bits per heavy atom. The largest absolute Gasteiger partial charge is 0.0798 e. The molecule has 96 valence electrons. The van der Waals surface area contributed by atoms with Gasteiger partial charge in [-0.05, 0) is 57.1 Å². The maximum absolute atomic E-state index is 2.44. The third-order valence-corrected chi connectivity index (χ3v) is 4.38. The van der Waals surface area contributed by atoms with Gasteiger partial charge in [0.05, 0.1) is 0 Å². The highest BCUT2D eigenvalue weighted by atomic mass is 14.3. The first kappa shape index (κ1) is 13.1. The van der Waals surface area contributed by atoms with Gasteiger partial charge in [-0.1, -0.05) is 54.0 Å². The van der Waals surface area contributed by atoms with Gasteiger partial charge in [0.25, 0.3) is 0 Å².